The third-order valence-electron chi connectivity index (χ3n) is 9.29. The van der Waals surface area contributed by atoms with Gasteiger partial charge in [0.05, 0.1) is 22.2 Å². The number of hydrogen-bond donors (Lipinski definition) is 2. The summed E-state index contributed by atoms with van der Waals surface area (Å²) in [4.78, 5) is 18.0. The van der Waals surface area contributed by atoms with Crippen molar-refractivity contribution in [3.63, 3.8) is 0 Å². The zero-order valence-corrected chi connectivity index (χ0v) is 24.5. The number of aromatic nitrogens is 4. The Morgan fingerprint density at radius 2 is 0.800 bits per heavy atom. The van der Waals surface area contributed by atoms with Gasteiger partial charge in [-0.15, -0.1) is 0 Å². The third kappa shape index (κ3) is 3.16. The molecule has 0 atom stereocenters. The normalized spacial score (nSPS) is 18.8. The van der Waals surface area contributed by atoms with Crippen molar-refractivity contribution in [1.29, 1.82) is 0 Å². The maximum Gasteiger partial charge on any atom is 0.209 e. The number of aromatic amines is 2. The molecule has 4 aromatic heterocycles. The van der Waals surface area contributed by atoms with Crippen LogP contribution in [0, 0.1) is 0 Å². The Labute approximate surface area is 234 Å². The minimum atomic E-state index is -0.659. The molecular formula is C34H36N4O2. The van der Waals surface area contributed by atoms with E-state index in [1.165, 1.54) is 32.9 Å². The molecule has 0 saturated heterocycles. The molecule has 0 radical (unpaired) electrons. The van der Waals surface area contributed by atoms with Crippen molar-refractivity contribution in [3.05, 3.63) is 107 Å². The summed E-state index contributed by atoms with van der Waals surface area (Å²) in [5, 5.41) is 4.81. The second-order valence-electron chi connectivity index (χ2n) is 13.4. The number of fused-ring (bicyclic) bond motifs is 14. The molecule has 204 valence electrons. The van der Waals surface area contributed by atoms with Crippen molar-refractivity contribution in [2.24, 2.45) is 0 Å². The van der Waals surface area contributed by atoms with E-state index in [0.717, 1.165) is 22.8 Å². The largest absolute Gasteiger partial charge is 0.448 e. The van der Waals surface area contributed by atoms with Crippen LogP contribution >= 0.6 is 0 Å². The highest BCUT2D eigenvalue weighted by Gasteiger charge is 2.42. The average molecular weight is 533 g/mol. The molecule has 0 fully saturated rings. The van der Waals surface area contributed by atoms with Crippen LogP contribution in [0.15, 0.2) is 69.9 Å². The molecular weight excluding hydrogens is 496 g/mol. The Morgan fingerprint density at radius 1 is 0.475 bits per heavy atom. The minimum absolute atomic E-state index is 0.370. The van der Waals surface area contributed by atoms with Gasteiger partial charge < -0.3 is 18.8 Å². The van der Waals surface area contributed by atoms with Crippen LogP contribution in [0.5, 0.6) is 0 Å². The van der Waals surface area contributed by atoms with Gasteiger partial charge in [-0.3, -0.25) is 0 Å². The van der Waals surface area contributed by atoms with E-state index in [4.69, 9.17) is 18.8 Å². The zero-order chi connectivity index (χ0) is 28.2. The van der Waals surface area contributed by atoms with Gasteiger partial charge >= 0.3 is 0 Å². The number of nitrogens with one attached hydrogen (secondary N) is 2. The Balaban J connectivity index is 1.61. The first-order chi connectivity index (χ1) is 18.8. The van der Waals surface area contributed by atoms with Crippen molar-refractivity contribution in [2.75, 3.05) is 0 Å². The first-order valence-electron chi connectivity index (χ1n) is 14.0. The van der Waals surface area contributed by atoms with Gasteiger partial charge in [-0.1, -0.05) is 48.5 Å². The molecule has 0 spiro atoms. The van der Waals surface area contributed by atoms with E-state index >= 15 is 0 Å². The number of nitrogens with zero attached hydrogens (tertiary/aromatic N) is 2. The summed E-state index contributed by atoms with van der Waals surface area (Å²) in [6.45, 7) is 17.5. The summed E-state index contributed by atoms with van der Waals surface area (Å²) in [6, 6.07) is 17.3. The summed E-state index contributed by atoms with van der Waals surface area (Å²) < 4.78 is 12.3. The number of rotatable bonds is 0. The number of H-pyrrole nitrogens is 2. The lowest BCUT2D eigenvalue weighted by atomic mass is 9.82. The summed E-state index contributed by atoms with van der Waals surface area (Å²) in [7, 11) is 0. The van der Waals surface area contributed by atoms with Crippen LogP contribution in [0.2, 0.25) is 0 Å². The predicted octanol–water partition coefficient (Wildman–Crippen LogP) is 8.24. The standard InChI is InChI=1S/C34H36N4O2/c1-31(2)23-17-39-29(35-23)34(7,8)30-36-24(18-40-30)32(3,4)26-20-14-10-12-16-22(20)28(38-26)33(5,6)27-21-15-11-9-13-19(21)25(31)37-27/h9-18,37-38H,1-8H3. The topological polar surface area (TPSA) is 83.6 Å². The molecule has 6 aromatic rings. The molecule has 0 amide bonds. The van der Waals surface area contributed by atoms with Crippen LogP contribution in [0.1, 0.15) is 101 Å². The van der Waals surface area contributed by atoms with E-state index < -0.39 is 16.2 Å². The second kappa shape index (κ2) is 7.78. The first kappa shape index (κ1) is 24.9. The molecule has 1 aliphatic rings. The van der Waals surface area contributed by atoms with E-state index in [1.54, 1.807) is 12.5 Å². The molecule has 1 aliphatic heterocycles. The highest BCUT2D eigenvalue weighted by molar-refractivity contribution is 5.94. The lowest BCUT2D eigenvalue weighted by Crippen LogP contribution is -2.26. The first-order valence-corrected chi connectivity index (χ1v) is 14.0. The van der Waals surface area contributed by atoms with Crippen molar-refractivity contribution < 1.29 is 8.83 Å². The van der Waals surface area contributed by atoms with E-state index in [2.05, 4.69) is 100 Å². The highest BCUT2D eigenvalue weighted by atomic mass is 16.4. The van der Waals surface area contributed by atoms with Crippen molar-refractivity contribution in [2.45, 2.75) is 77.0 Å². The second-order valence-corrected chi connectivity index (χ2v) is 13.4. The van der Waals surface area contributed by atoms with Gasteiger partial charge in [0.2, 0.25) is 11.8 Å². The minimum Gasteiger partial charge on any atom is -0.448 e. The van der Waals surface area contributed by atoms with Gasteiger partial charge in [0, 0.05) is 49.7 Å². The zero-order valence-electron chi connectivity index (χ0n) is 24.5. The van der Waals surface area contributed by atoms with Gasteiger partial charge in [-0.25, -0.2) is 9.97 Å². The van der Waals surface area contributed by atoms with Gasteiger partial charge in [-0.2, -0.15) is 0 Å². The van der Waals surface area contributed by atoms with E-state index in [-0.39, 0.29) is 5.41 Å². The molecule has 2 aromatic carbocycles. The fourth-order valence-electron chi connectivity index (χ4n) is 6.50. The van der Waals surface area contributed by atoms with E-state index in [0.29, 0.717) is 11.8 Å². The Morgan fingerprint density at radius 3 is 1.15 bits per heavy atom. The van der Waals surface area contributed by atoms with Crippen molar-refractivity contribution in [3.8, 4) is 0 Å². The molecule has 6 heteroatoms. The fraction of sp³-hybridized carbons (Fsp3) is 0.353. The van der Waals surface area contributed by atoms with Crippen LogP contribution in [0.4, 0.5) is 0 Å². The van der Waals surface area contributed by atoms with E-state index in [9.17, 15) is 0 Å². The molecule has 0 aliphatic carbocycles. The predicted molar refractivity (Wildman–Crippen MR) is 158 cm³/mol. The smallest absolute Gasteiger partial charge is 0.209 e. The van der Waals surface area contributed by atoms with Crippen LogP contribution in [-0.4, -0.2) is 19.9 Å². The lowest BCUT2D eigenvalue weighted by Gasteiger charge is -2.26. The number of hydrogen-bond acceptors (Lipinski definition) is 4. The number of oxazole rings is 2. The molecule has 0 unspecified atom stereocenters. The van der Waals surface area contributed by atoms with Crippen LogP contribution < -0.4 is 0 Å². The maximum atomic E-state index is 6.16. The average Bonchev–Trinajstić information content (AvgIpc) is 3.71. The molecule has 2 N–H and O–H groups in total. The summed E-state index contributed by atoms with van der Waals surface area (Å²) in [6.07, 6.45) is 3.57. The van der Waals surface area contributed by atoms with Crippen molar-refractivity contribution >= 4 is 21.5 Å². The van der Waals surface area contributed by atoms with Gasteiger partial charge in [0.15, 0.2) is 0 Å². The van der Waals surface area contributed by atoms with E-state index in [1.807, 2.05) is 13.8 Å². The van der Waals surface area contributed by atoms with Crippen LogP contribution in [0.3, 0.4) is 0 Å². The molecule has 0 saturated carbocycles. The summed E-state index contributed by atoms with van der Waals surface area (Å²) in [5.41, 5.74) is 4.36. The Hall–Kier alpha value is -4.06. The van der Waals surface area contributed by atoms with Gasteiger partial charge in [0.25, 0.3) is 0 Å². The van der Waals surface area contributed by atoms with Crippen LogP contribution in [-0.2, 0) is 21.7 Å². The monoisotopic (exact) mass is 532 g/mol. The molecule has 40 heavy (non-hydrogen) atoms. The molecule has 7 rings (SSSR count). The third-order valence-corrected chi connectivity index (χ3v) is 9.29. The molecule has 8 bridgehead atoms. The van der Waals surface area contributed by atoms with Gasteiger partial charge in [-0.05, 0) is 55.4 Å². The highest BCUT2D eigenvalue weighted by Crippen LogP contribution is 2.46. The molecule has 5 heterocycles. The Kier molecular flexibility index (Phi) is 4.85. The molecule has 6 nitrogen and oxygen atoms in total. The van der Waals surface area contributed by atoms with Crippen molar-refractivity contribution in [1.82, 2.24) is 19.9 Å². The SMILES string of the molecule is CC1(C)c2nc(co2)C(C)(C)c2[nH]c(c3ccccc23)C(C)(C)c2[nH]c(c3ccccc23)C(C)(C)c2coc1n2. The maximum absolute atomic E-state index is 6.16. The quantitative estimate of drug-likeness (QED) is 0.206. The number of benzene rings is 2. The Bertz CT molecular complexity index is 1790. The van der Waals surface area contributed by atoms with Crippen LogP contribution in [0.25, 0.3) is 21.5 Å². The summed E-state index contributed by atoms with van der Waals surface area (Å²) in [5.74, 6) is 1.16. The lowest BCUT2D eigenvalue weighted by molar-refractivity contribution is 0.341. The van der Waals surface area contributed by atoms with Gasteiger partial charge in [0.1, 0.15) is 17.9 Å². The summed E-state index contributed by atoms with van der Waals surface area (Å²) >= 11 is 0. The fourth-order valence-corrected chi connectivity index (χ4v) is 6.50.